The number of aromatic nitrogens is 4. The maximum absolute atomic E-state index is 12.5. The Morgan fingerprint density at radius 3 is 2.54 bits per heavy atom. The first-order valence-corrected chi connectivity index (χ1v) is 13.1. The average Bonchev–Trinajstić information content (AvgIpc) is 3.44. The number of nitrogens with zero attached hydrogens (tertiary/aromatic N) is 6. The van der Waals surface area contributed by atoms with Gasteiger partial charge in [0.25, 0.3) is 0 Å². The fourth-order valence-electron chi connectivity index (χ4n) is 4.82. The number of pyridine rings is 2. The van der Waals surface area contributed by atoms with Gasteiger partial charge in [0, 0.05) is 49.5 Å². The minimum atomic E-state index is -0.516. The lowest BCUT2D eigenvalue weighted by Gasteiger charge is -2.36. The highest BCUT2D eigenvalue weighted by molar-refractivity contribution is 5.72. The highest BCUT2D eigenvalue weighted by Gasteiger charge is 2.27. The number of hydrogen-bond donors (Lipinski definition) is 1. The average molecular weight is 506 g/mol. The van der Waals surface area contributed by atoms with Crippen molar-refractivity contribution in [2.45, 2.75) is 64.5 Å². The van der Waals surface area contributed by atoms with E-state index in [4.69, 9.17) is 14.1 Å². The van der Waals surface area contributed by atoms with Crippen LogP contribution in [0.4, 0.5) is 16.4 Å². The fraction of sp³-hybridized carbons (Fsp3) is 0.519. The first kappa shape index (κ1) is 25.0. The third-order valence-electron chi connectivity index (χ3n) is 6.69. The van der Waals surface area contributed by atoms with E-state index in [-0.39, 0.29) is 6.09 Å². The monoisotopic (exact) mass is 505 g/mol. The molecular weight excluding hydrogens is 470 g/mol. The number of hydrogen-bond acceptors (Lipinski definition) is 9. The number of carbonyl (C=O) groups excluding carboxylic acids is 1. The number of amides is 1. The van der Waals surface area contributed by atoms with E-state index < -0.39 is 5.60 Å². The molecule has 10 heteroatoms. The SMILES string of the molecule is CC(C)(C)OC(=O)N1CCN(c2cc(-c3nnco3)cc(-c3ccnc(NC4CCCCC4)c3)n2)CC1. The summed E-state index contributed by atoms with van der Waals surface area (Å²) in [4.78, 5) is 26.0. The summed E-state index contributed by atoms with van der Waals surface area (Å²) >= 11 is 0. The zero-order valence-electron chi connectivity index (χ0n) is 21.8. The molecule has 1 N–H and O–H groups in total. The smallest absolute Gasteiger partial charge is 0.410 e. The van der Waals surface area contributed by atoms with Crippen molar-refractivity contribution in [3.63, 3.8) is 0 Å². The number of ether oxygens (including phenoxy) is 1. The second kappa shape index (κ2) is 10.7. The standard InChI is InChI=1S/C27H35N7O3/c1-27(2,3)37-26(35)34-13-11-33(12-14-34)24-17-20(25-32-29-18-36-25)15-22(31-24)19-9-10-28-23(16-19)30-21-7-5-4-6-8-21/h9-10,15-18,21H,4-8,11-14H2,1-3H3,(H,28,30). The van der Waals surface area contributed by atoms with Crippen LogP contribution in [0, 0.1) is 0 Å². The van der Waals surface area contributed by atoms with Gasteiger partial charge < -0.3 is 24.3 Å². The van der Waals surface area contributed by atoms with E-state index in [1.165, 1.54) is 38.5 Å². The summed E-state index contributed by atoms with van der Waals surface area (Å²) in [6.45, 7) is 8.04. The maximum atomic E-state index is 12.5. The van der Waals surface area contributed by atoms with Crippen molar-refractivity contribution in [2.24, 2.45) is 0 Å². The zero-order valence-corrected chi connectivity index (χ0v) is 21.8. The Kier molecular flexibility index (Phi) is 7.25. The summed E-state index contributed by atoms with van der Waals surface area (Å²) in [5, 5.41) is 11.6. The Bertz CT molecular complexity index is 1190. The molecule has 37 heavy (non-hydrogen) atoms. The Balaban J connectivity index is 1.38. The van der Waals surface area contributed by atoms with Crippen LogP contribution in [0.3, 0.4) is 0 Å². The van der Waals surface area contributed by atoms with E-state index in [9.17, 15) is 4.79 Å². The van der Waals surface area contributed by atoms with E-state index in [0.717, 1.165) is 28.5 Å². The second-order valence-corrected chi connectivity index (χ2v) is 10.7. The van der Waals surface area contributed by atoms with Crippen molar-refractivity contribution in [2.75, 3.05) is 36.4 Å². The summed E-state index contributed by atoms with van der Waals surface area (Å²) in [5.74, 6) is 2.10. The number of nitrogens with one attached hydrogen (secondary N) is 1. The van der Waals surface area contributed by atoms with Crippen molar-refractivity contribution < 1.29 is 13.9 Å². The van der Waals surface area contributed by atoms with Gasteiger partial charge in [-0.05, 0) is 57.9 Å². The van der Waals surface area contributed by atoms with Crippen LogP contribution in [0.2, 0.25) is 0 Å². The lowest BCUT2D eigenvalue weighted by atomic mass is 9.95. The minimum Gasteiger partial charge on any atom is -0.444 e. The van der Waals surface area contributed by atoms with Crippen molar-refractivity contribution >= 4 is 17.7 Å². The third-order valence-corrected chi connectivity index (χ3v) is 6.69. The van der Waals surface area contributed by atoms with Crippen LogP contribution in [0.5, 0.6) is 0 Å². The van der Waals surface area contributed by atoms with Gasteiger partial charge in [0.1, 0.15) is 17.2 Å². The normalized spacial score (nSPS) is 17.1. The maximum Gasteiger partial charge on any atom is 0.410 e. The number of anilines is 2. The quantitative estimate of drug-likeness (QED) is 0.512. The van der Waals surface area contributed by atoms with Crippen LogP contribution in [-0.4, -0.2) is 69.0 Å². The molecule has 1 aliphatic heterocycles. The lowest BCUT2D eigenvalue weighted by molar-refractivity contribution is 0.0240. The van der Waals surface area contributed by atoms with Gasteiger partial charge in [-0.3, -0.25) is 0 Å². The summed E-state index contributed by atoms with van der Waals surface area (Å²) in [6, 6.07) is 8.41. The first-order valence-electron chi connectivity index (χ1n) is 13.1. The van der Waals surface area contributed by atoms with Crippen molar-refractivity contribution in [3.05, 3.63) is 36.9 Å². The summed E-state index contributed by atoms with van der Waals surface area (Å²) in [5.41, 5.74) is 2.04. The molecule has 0 atom stereocenters. The number of carbonyl (C=O) groups is 1. The summed E-state index contributed by atoms with van der Waals surface area (Å²) in [7, 11) is 0. The molecule has 4 heterocycles. The molecule has 0 unspecified atom stereocenters. The van der Waals surface area contributed by atoms with Gasteiger partial charge >= 0.3 is 6.09 Å². The van der Waals surface area contributed by atoms with E-state index in [1.54, 1.807) is 4.90 Å². The van der Waals surface area contributed by atoms with Crippen molar-refractivity contribution in [3.8, 4) is 22.7 Å². The van der Waals surface area contributed by atoms with Gasteiger partial charge in [-0.1, -0.05) is 19.3 Å². The molecule has 0 radical (unpaired) electrons. The van der Waals surface area contributed by atoms with Crippen LogP contribution in [0.15, 0.2) is 41.3 Å². The molecular formula is C27H35N7O3. The zero-order chi connectivity index (χ0) is 25.8. The molecule has 1 saturated carbocycles. The molecule has 1 amide bonds. The molecule has 10 nitrogen and oxygen atoms in total. The molecule has 1 aliphatic carbocycles. The van der Waals surface area contributed by atoms with Crippen LogP contribution < -0.4 is 10.2 Å². The molecule has 2 aliphatic rings. The van der Waals surface area contributed by atoms with Crippen molar-refractivity contribution in [1.82, 2.24) is 25.1 Å². The van der Waals surface area contributed by atoms with E-state index in [2.05, 4.69) is 31.5 Å². The fourth-order valence-corrected chi connectivity index (χ4v) is 4.82. The van der Waals surface area contributed by atoms with E-state index in [0.29, 0.717) is 38.1 Å². The van der Waals surface area contributed by atoms with Gasteiger partial charge in [0.15, 0.2) is 0 Å². The Labute approximate surface area is 217 Å². The van der Waals surface area contributed by atoms with Gasteiger partial charge in [0.2, 0.25) is 12.3 Å². The Morgan fingerprint density at radius 2 is 1.84 bits per heavy atom. The molecule has 5 rings (SSSR count). The molecule has 3 aromatic rings. The molecule has 1 saturated heterocycles. The molecule has 196 valence electrons. The molecule has 0 spiro atoms. The Hall–Kier alpha value is -3.69. The lowest BCUT2D eigenvalue weighted by Crippen LogP contribution is -2.50. The van der Waals surface area contributed by atoms with Crippen LogP contribution >= 0.6 is 0 Å². The second-order valence-electron chi connectivity index (χ2n) is 10.7. The number of rotatable bonds is 5. The molecule has 0 aromatic carbocycles. The first-order chi connectivity index (χ1) is 17.8. The van der Waals surface area contributed by atoms with Gasteiger partial charge in [-0.15, -0.1) is 10.2 Å². The topological polar surface area (TPSA) is 110 Å². The van der Waals surface area contributed by atoms with Crippen LogP contribution in [0.1, 0.15) is 52.9 Å². The summed E-state index contributed by atoms with van der Waals surface area (Å²) < 4.78 is 11.1. The Morgan fingerprint density at radius 1 is 1.05 bits per heavy atom. The summed E-state index contributed by atoms with van der Waals surface area (Å²) in [6.07, 6.45) is 9.05. The van der Waals surface area contributed by atoms with Gasteiger partial charge in [-0.25, -0.2) is 14.8 Å². The molecule has 0 bridgehead atoms. The van der Waals surface area contributed by atoms with Gasteiger partial charge in [-0.2, -0.15) is 0 Å². The molecule has 2 fully saturated rings. The minimum absolute atomic E-state index is 0.282. The van der Waals surface area contributed by atoms with E-state index in [1.807, 2.05) is 45.2 Å². The largest absolute Gasteiger partial charge is 0.444 e. The molecule has 3 aromatic heterocycles. The van der Waals surface area contributed by atoms with Gasteiger partial charge in [0.05, 0.1) is 5.69 Å². The predicted molar refractivity (Wildman–Crippen MR) is 141 cm³/mol. The number of piperazine rings is 1. The van der Waals surface area contributed by atoms with Crippen molar-refractivity contribution in [1.29, 1.82) is 0 Å². The predicted octanol–water partition coefficient (Wildman–Crippen LogP) is 5.00. The highest BCUT2D eigenvalue weighted by Crippen LogP contribution is 2.30. The van der Waals surface area contributed by atoms with Crippen LogP contribution in [0.25, 0.3) is 22.7 Å². The van der Waals surface area contributed by atoms with Crippen LogP contribution in [-0.2, 0) is 4.74 Å². The third kappa shape index (κ3) is 6.36. The highest BCUT2D eigenvalue weighted by atomic mass is 16.6. The van der Waals surface area contributed by atoms with E-state index >= 15 is 0 Å².